The molecular weight excluding hydrogens is 142 g/mol. The monoisotopic (exact) mass is 161 g/mol. The smallest absolute Gasteiger partial charge is 0.262 e. The van der Waals surface area contributed by atoms with E-state index in [4.69, 9.17) is 4.43 Å². The molecule has 0 fully saturated rings. The third-order valence-electron chi connectivity index (χ3n) is 1.19. The van der Waals surface area contributed by atoms with Crippen molar-refractivity contribution in [2.45, 2.75) is 39.4 Å². The zero-order chi connectivity index (χ0) is 8.41. The van der Waals surface area contributed by atoms with Gasteiger partial charge in [0.05, 0.1) is 0 Å². The Kier molecular flexibility index (Phi) is 3.07. The highest BCUT2D eigenvalue weighted by atomic mass is 28.4. The molecule has 0 aliphatic carbocycles. The Hall–Kier alpha value is 0.137. The van der Waals surface area contributed by atoms with Crippen LogP contribution < -0.4 is 4.98 Å². The highest BCUT2D eigenvalue weighted by molar-refractivity contribution is 6.68. The first kappa shape index (κ1) is 10.1. The lowest BCUT2D eigenvalue weighted by Gasteiger charge is -2.31. The quantitative estimate of drug-likeness (QED) is 0.623. The van der Waals surface area contributed by atoms with E-state index in [-0.39, 0.29) is 5.54 Å². The standard InChI is InChI=1S/C7H19NOSi/c1-7(2,3)8-10(5,6)9-4/h8H,1-6H3. The zero-order valence-corrected chi connectivity index (χ0v) is 8.91. The molecule has 2 nitrogen and oxygen atoms in total. The molecule has 0 amide bonds. The maximum Gasteiger partial charge on any atom is 0.262 e. The second kappa shape index (κ2) is 3.03. The molecule has 1 N–H and O–H groups in total. The van der Waals surface area contributed by atoms with Crippen LogP contribution in [0.3, 0.4) is 0 Å². The van der Waals surface area contributed by atoms with E-state index in [0.717, 1.165) is 0 Å². The average molecular weight is 161 g/mol. The fourth-order valence-corrected chi connectivity index (χ4v) is 2.86. The van der Waals surface area contributed by atoms with Gasteiger partial charge in [-0.1, -0.05) is 0 Å². The van der Waals surface area contributed by atoms with Crippen LogP contribution in [0.2, 0.25) is 13.1 Å². The van der Waals surface area contributed by atoms with Gasteiger partial charge in [0.2, 0.25) is 0 Å². The minimum absolute atomic E-state index is 0.172. The van der Waals surface area contributed by atoms with E-state index < -0.39 is 8.48 Å². The van der Waals surface area contributed by atoms with Gasteiger partial charge in [0.1, 0.15) is 0 Å². The first-order valence-electron chi connectivity index (χ1n) is 3.61. The number of nitrogens with one attached hydrogen (secondary N) is 1. The zero-order valence-electron chi connectivity index (χ0n) is 7.91. The van der Waals surface area contributed by atoms with Gasteiger partial charge in [-0.05, 0) is 33.9 Å². The molecular formula is C7H19NOSi. The predicted octanol–water partition coefficient (Wildman–Crippen LogP) is 1.72. The van der Waals surface area contributed by atoms with Crippen LogP contribution in [0, 0.1) is 0 Å². The largest absolute Gasteiger partial charge is 0.407 e. The third kappa shape index (κ3) is 4.96. The van der Waals surface area contributed by atoms with E-state index in [9.17, 15) is 0 Å². The topological polar surface area (TPSA) is 21.3 Å². The Bertz CT molecular complexity index is 107. The number of rotatable bonds is 2. The molecule has 0 aromatic heterocycles. The summed E-state index contributed by atoms with van der Waals surface area (Å²) in [6.07, 6.45) is 0. The summed E-state index contributed by atoms with van der Waals surface area (Å²) >= 11 is 0. The molecule has 0 saturated heterocycles. The van der Waals surface area contributed by atoms with Crippen LogP contribution in [0.25, 0.3) is 0 Å². The Morgan fingerprint density at radius 2 is 1.60 bits per heavy atom. The third-order valence-corrected chi connectivity index (χ3v) is 3.56. The summed E-state index contributed by atoms with van der Waals surface area (Å²) in [7, 11) is 0.206. The first-order valence-corrected chi connectivity index (χ1v) is 6.52. The van der Waals surface area contributed by atoms with E-state index in [0.29, 0.717) is 0 Å². The summed E-state index contributed by atoms with van der Waals surface area (Å²) in [5, 5.41) is 0. The van der Waals surface area contributed by atoms with Crippen LogP contribution in [0.15, 0.2) is 0 Å². The van der Waals surface area contributed by atoms with Gasteiger partial charge in [0.25, 0.3) is 8.48 Å². The van der Waals surface area contributed by atoms with Crippen molar-refractivity contribution >= 4 is 8.48 Å². The summed E-state index contributed by atoms with van der Waals surface area (Å²) in [6, 6.07) is 0. The molecule has 0 heterocycles. The lowest BCUT2D eigenvalue weighted by atomic mass is 10.1. The minimum Gasteiger partial charge on any atom is -0.407 e. The van der Waals surface area contributed by atoms with Crippen molar-refractivity contribution < 1.29 is 4.43 Å². The molecule has 0 rings (SSSR count). The van der Waals surface area contributed by atoms with Crippen molar-refractivity contribution in [3.05, 3.63) is 0 Å². The molecule has 0 atom stereocenters. The van der Waals surface area contributed by atoms with Crippen LogP contribution in [0.4, 0.5) is 0 Å². The van der Waals surface area contributed by atoms with Gasteiger partial charge in [-0.3, -0.25) is 0 Å². The SMILES string of the molecule is CO[Si](C)(C)NC(C)(C)C. The summed E-state index contributed by atoms with van der Waals surface area (Å²) in [5.74, 6) is 0. The van der Waals surface area contributed by atoms with Crippen LogP contribution in [0.5, 0.6) is 0 Å². The molecule has 0 saturated carbocycles. The van der Waals surface area contributed by atoms with Crippen molar-refractivity contribution in [2.75, 3.05) is 7.11 Å². The molecule has 3 heteroatoms. The van der Waals surface area contributed by atoms with Gasteiger partial charge in [-0.2, -0.15) is 0 Å². The van der Waals surface area contributed by atoms with Crippen molar-refractivity contribution in [3.8, 4) is 0 Å². The van der Waals surface area contributed by atoms with Crippen LogP contribution >= 0.6 is 0 Å². The van der Waals surface area contributed by atoms with Crippen molar-refractivity contribution in [1.29, 1.82) is 0 Å². The molecule has 0 radical (unpaired) electrons. The molecule has 0 unspecified atom stereocenters. The maximum absolute atomic E-state index is 5.34. The second-order valence-corrected chi connectivity index (χ2v) is 7.77. The van der Waals surface area contributed by atoms with Crippen molar-refractivity contribution in [1.82, 2.24) is 4.98 Å². The Morgan fingerprint density at radius 3 is 1.70 bits per heavy atom. The Labute approximate surface area is 65.2 Å². The van der Waals surface area contributed by atoms with E-state index in [1.807, 2.05) is 0 Å². The Balaban J connectivity index is 3.89. The van der Waals surface area contributed by atoms with Crippen LogP contribution in [0.1, 0.15) is 20.8 Å². The molecule has 0 spiro atoms. The second-order valence-electron chi connectivity index (χ2n) is 4.09. The van der Waals surface area contributed by atoms with Crippen LogP contribution in [-0.4, -0.2) is 21.1 Å². The fraction of sp³-hybridized carbons (Fsp3) is 1.00. The van der Waals surface area contributed by atoms with Gasteiger partial charge in [-0.15, -0.1) is 0 Å². The molecule has 0 aliphatic rings. The molecule has 10 heavy (non-hydrogen) atoms. The van der Waals surface area contributed by atoms with Gasteiger partial charge in [-0.25, -0.2) is 0 Å². The van der Waals surface area contributed by atoms with Crippen molar-refractivity contribution in [3.63, 3.8) is 0 Å². The Morgan fingerprint density at radius 1 is 1.20 bits per heavy atom. The van der Waals surface area contributed by atoms with Crippen LogP contribution in [-0.2, 0) is 4.43 Å². The van der Waals surface area contributed by atoms with Gasteiger partial charge >= 0.3 is 0 Å². The highest BCUT2D eigenvalue weighted by Crippen LogP contribution is 2.06. The van der Waals surface area contributed by atoms with E-state index in [2.05, 4.69) is 38.8 Å². The van der Waals surface area contributed by atoms with E-state index in [1.54, 1.807) is 7.11 Å². The maximum atomic E-state index is 5.34. The molecule has 0 aromatic rings. The molecule has 62 valence electrons. The van der Waals surface area contributed by atoms with Gasteiger partial charge < -0.3 is 9.41 Å². The fourth-order valence-electron chi connectivity index (χ4n) is 0.954. The highest BCUT2D eigenvalue weighted by Gasteiger charge is 2.26. The normalized spacial score (nSPS) is 13.8. The lowest BCUT2D eigenvalue weighted by molar-refractivity contribution is 0.361. The number of hydrogen-bond donors (Lipinski definition) is 1. The predicted molar refractivity (Wildman–Crippen MR) is 47.4 cm³/mol. The first-order chi connectivity index (χ1) is 4.27. The summed E-state index contributed by atoms with van der Waals surface area (Å²) in [6.45, 7) is 10.8. The van der Waals surface area contributed by atoms with Gasteiger partial charge in [0, 0.05) is 12.6 Å². The average Bonchev–Trinajstić information content (AvgIpc) is 1.60. The summed E-state index contributed by atoms with van der Waals surface area (Å²) < 4.78 is 5.34. The number of hydrogen-bond acceptors (Lipinski definition) is 2. The van der Waals surface area contributed by atoms with Gasteiger partial charge in [0.15, 0.2) is 0 Å². The minimum atomic E-state index is -1.56. The lowest BCUT2D eigenvalue weighted by Crippen LogP contribution is -2.55. The summed E-state index contributed by atoms with van der Waals surface area (Å²) in [4.78, 5) is 3.46. The molecule has 0 bridgehead atoms. The molecule has 0 aliphatic heterocycles. The van der Waals surface area contributed by atoms with E-state index >= 15 is 0 Å². The summed E-state index contributed by atoms with van der Waals surface area (Å²) in [5.41, 5.74) is 0.172. The molecule has 0 aromatic carbocycles. The van der Waals surface area contributed by atoms with Crippen molar-refractivity contribution in [2.24, 2.45) is 0 Å². The van der Waals surface area contributed by atoms with E-state index in [1.165, 1.54) is 0 Å².